The van der Waals surface area contributed by atoms with Gasteiger partial charge in [-0.3, -0.25) is 0 Å². The van der Waals surface area contributed by atoms with Crippen molar-refractivity contribution in [3.05, 3.63) is 0 Å². The molecule has 3 N–H and O–H groups in total. The van der Waals surface area contributed by atoms with Gasteiger partial charge in [-0.1, -0.05) is 0 Å². The van der Waals surface area contributed by atoms with E-state index in [1.807, 2.05) is 0 Å². The molecule has 0 aliphatic carbocycles. The topological polar surface area (TPSA) is 94.8 Å². The Morgan fingerprint density at radius 3 is 1.12 bits per heavy atom. The summed E-state index contributed by atoms with van der Waals surface area (Å²) in [5.41, 5.74) is 0. The molecule has 0 rings (SSSR count). The second kappa shape index (κ2) is 7.95. The third-order valence-electron chi connectivity index (χ3n) is 0. The van der Waals surface area contributed by atoms with Crippen molar-refractivity contribution in [2.75, 3.05) is 0 Å². The normalized spacial score (nSPS) is 7.88. The first-order valence-electron chi connectivity index (χ1n) is 0.937. The van der Waals surface area contributed by atoms with Crippen molar-refractivity contribution in [1.82, 2.24) is 0 Å². The molecule has 0 aromatic carbocycles. The zero-order valence-electron chi connectivity index (χ0n) is 3.34. The molecule has 0 saturated carbocycles. The van der Waals surface area contributed by atoms with Crippen LogP contribution in [0.4, 0.5) is 0 Å². The number of hydrogen-bond acceptors (Lipinski definition) is 2. The van der Waals surface area contributed by atoms with E-state index in [0.717, 1.165) is 0 Å². The van der Waals surface area contributed by atoms with Crippen LogP contribution in [-0.2, 0) is 41.4 Å². The minimum absolute atomic E-state index is 0. The Labute approximate surface area is 64.2 Å². The predicted octanol–water partition coefficient (Wildman–Crippen LogP) is -1.05. The van der Waals surface area contributed by atoms with Crippen LogP contribution in [0.2, 0.25) is 0 Å². The zero-order valence-corrected chi connectivity index (χ0v) is 6.52. The van der Waals surface area contributed by atoms with E-state index in [4.69, 9.17) is 23.1 Å². The maximum absolute atomic E-state index is 8.88. The molecule has 0 spiro atoms. The molecule has 8 heteroatoms. The van der Waals surface area contributed by atoms with Crippen molar-refractivity contribution < 1.29 is 56.1 Å². The molecule has 0 radical (unpaired) electrons. The van der Waals surface area contributed by atoms with Crippen LogP contribution in [-0.4, -0.2) is 14.7 Å². The van der Waals surface area contributed by atoms with E-state index in [9.17, 15) is 0 Å². The van der Waals surface area contributed by atoms with Crippen LogP contribution in [0.5, 0.6) is 0 Å². The quantitative estimate of drug-likeness (QED) is 0.361. The molecule has 53 valence electrons. The summed E-state index contributed by atoms with van der Waals surface area (Å²) in [5, 5.41) is 0. The van der Waals surface area contributed by atoms with E-state index in [2.05, 4.69) is 0 Å². The van der Waals surface area contributed by atoms with Crippen molar-refractivity contribution in [2.45, 2.75) is 0 Å². The van der Waals surface area contributed by atoms with Gasteiger partial charge in [-0.2, -0.15) is 0 Å². The molecule has 0 aromatic rings. The van der Waals surface area contributed by atoms with Crippen molar-refractivity contribution in [1.29, 1.82) is 0 Å². The summed E-state index contributed by atoms with van der Waals surface area (Å²) < 4.78 is 16.9. The van der Waals surface area contributed by atoms with Gasteiger partial charge < -0.3 is 14.7 Å². The maximum atomic E-state index is 8.88. The van der Waals surface area contributed by atoms with Gasteiger partial charge in [0.25, 0.3) is 0 Å². The number of hydrogen-bond donors (Lipinski definition) is 3. The van der Waals surface area contributed by atoms with Gasteiger partial charge in [0.1, 0.15) is 0 Å². The molecule has 0 aromatic heterocycles. The summed E-state index contributed by atoms with van der Waals surface area (Å²) in [6.07, 6.45) is 0. The summed E-state index contributed by atoms with van der Waals surface area (Å²) >= 11 is 1.69. The first-order valence-corrected chi connectivity index (χ1v) is 2.98. The molecular weight excluding hydrogens is 222 g/mol. The Morgan fingerprint density at radius 2 is 1.12 bits per heavy atom. The van der Waals surface area contributed by atoms with Gasteiger partial charge in [0.15, 0.2) is 0 Å². The molecule has 0 aliphatic rings. The Balaban J connectivity index is -0.0000000750. The second-order valence-corrected chi connectivity index (χ2v) is 1.54. The summed E-state index contributed by atoms with van der Waals surface area (Å²) in [7, 11) is -4.64. The van der Waals surface area contributed by atoms with Gasteiger partial charge >= 0.3 is 27.6 Å². The Morgan fingerprint density at radius 1 is 1.12 bits per heavy atom. The average Bonchev–Trinajstić information content (AvgIpc) is 1.36. The van der Waals surface area contributed by atoms with Crippen LogP contribution in [0.1, 0.15) is 0 Å². The third-order valence-corrected chi connectivity index (χ3v) is 0. The van der Waals surface area contributed by atoms with Crippen LogP contribution in [0.3, 0.4) is 0 Å². The fourth-order valence-electron chi connectivity index (χ4n) is 0. The standard InChI is InChI=1S/Fe.Mn.H3O4P.O/c;;1-5(2,3)4;/h;;(H3,1,2,3,4);. The first kappa shape index (κ1) is 16.0. The number of rotatable bonds is 0. The summed E-state index contributed by atoms with van der Waals surface area (Å²) in [4.78, 5) is 21.6. The van der Waals surface area contributed by atoms with E-state index in [0.29, 0.717) is 0 Å². The van der Waals surface area contributed by atoms with Crippen molar-refractivity contribution in [2.24, 2.45) is 0 Å². The van der Waals surface area contributed by atoms with E-state index in [-0.39, 0.29) is 17.1 Å². The molecule has 0 heterocycles. The van der Waals surface area contributed by atoms with Crippen LogP contribution in [0, 0.1) is 0 Å². The van der Waals surface area contributed by atoms with Crippen molar-refractivity contribution in [3.8, 4) is 0 Å². The van der Waals surface area contributed by atoms with Gasteiger partial charge in [-0.25, -0.2) is 4.57 Å². The zero-order chi connectivity index (χ0) is 6.50. The predicted molar refractivity (Wildman–Crippen MR) is 14.9 cm³/mol. The SMILES string of the molecule is O=P(O)(O)O.[Fe].[O]=[Mn]. The number of phosphoric acid groups is 1. The fourth-order valence-corrected chi connectivity index (χ4v) is 0. The van der Waals surface area contributed by atoms with Crippen LogP contribution >= 0.6 is 7.82 Å². The molecule has 0 aliphatic heterocycles. The summed E-state index contributed by atoms with van der Waals surface area (Å²) in [5.74, 6) is 0. The summed E-state index contributed by atoms with van der Waals surface area (Å²) in [6, 6.07) is 0. The van der Waals surface area contributed by atoms with Gasteiger partial charge in [0.2, 0.25) is 0 Å². The Hall–Kier alpha value is 0.949. The van der Waals surface area contributed by atoms with Gasteiger partial charge in [-0.15, -0.1) is 0 Å². The summed E-state index contributed by atoms with van der Waals surface area (Å²) in [6.45, 7) is 0. The van der Waals surface area contributed by atoms with Crippen LogP contribution in [0.25, 0.3) is 0 Å². The fraction of sp³-hybridized carbons (Fsp3) is 0. The molecular formula is H3FeMnO5P. The van der Waals surface area contributed by atoms with E-state index in [1.165, 1.54) is 0 Å². The van der Waals surface area contributed by atoms with E-state index >= 15 is 0 Å². The van der Waals surface area contributed by atoms with Crippen LogP contribution < -0.4 is 0 Å². The molecule has 0 saturated heterocycles. The monoisotopic (exact) mass is 225 g/mol. The first-order chi connectivity index (χ1) is 3.00. The molecule has 8 heavy (non-hydrogen) atoms. The van der Waals surface area contributed by atoms with E-state index < -0.39 is 7.82 Å². The van der Waals surface area contributed by atoms with Crippen LogP contribution in [0.15, 0.2) is 0 Å². The van der Waals surface area contributed by atoms with E-state index in [1.54, 1.807) is 15.9 Å². The molecule has 0 amide bonds. The van der Waals surface area contributed by atoms with Gasteiger partial charge in [-0.05, 0) is 0 Å². The van der Waals surface area contributed by atoms with Crippen molar-refractivity contribution >= 4 is 7.82 Å². The molecule has 0 unspecified atom stereocenters. The van der Waals surface area contributed by atoms with Gasteiger partial charge in [0, 0.05) is 17.1 Å². The van der Waals surface area contributed by atoms with Crippen molar-refractivity contribution in [3.63, 3.8) is 0 Å². The molecule has 0 fully saturated rings. The Kier molecular flexibility index (Phi) is 15.9. The Bertz CT molecular complexity index is 68.2. The second-order valence-electron chi connectivity index (χ2n) is 0.513. The molecule has 5 nitrogen and oxygen atoms in total. The van der Waals surface area contributed by atoms with Gasteiger partial charge in [0.05, 0.1) is 0 Å². The average molecular weight is 225 g/mol. The molecule has 0 bridgehead atoms. The minimum atomic E-state index is -4.64. The third kappa shape index (κ3) is 273. The molecule has 0 atom stereocenters.